The quantitative estimate of drug-likeness (QED) is 0.172. The Kier molecular flexibility index (Phi) is 23.1. The number of carboxylic acid groups (broad SMARTS) is 1. The van der Waals surface area contributed by atoms with Gasteiger partial charge in [-0.2, -0.15) is 0 Å². The Morgan fingerprint density at radius 1 is 0.719 bits per heavy atom. The first kappa shape index (κ1) is 54.6. The number of ether oxygens (including phenoxy) is 4. The second kappa shape index (κ2) is 27.0. The van der Waals surface area contributed by atoms with E-state index in [1.54, 1.807) is 85.9 Å². The van der Waals surface area contributed by atoms with Crippen LogP contribution in [0.4, 0.5) is 0 Å². The van der Waals surface area contributed by atoms with E-state index in [0.29, 0.717) is 0 Å². The van der Waals surface area contributed by atoms with Gasteiger partial charge in [0.15, 0.2) is 12.1 Å². The average Bonchev–Trinajstić information content (AvgIpc) is 3.21. The molecule has 2 fully saturated rings. The van der Waals surface area contributed by atoms with Crippen LogP contribution in [-0.2, 0) is 33.3 Å². The number of Topliss-reactive ketones (excluding diaryl/α,β-unsaturated/α-hetero) is 1. The fraction of sp³-hybridized carbons (Fsp3) is 0.630. The molecule has 3 aliphatic rings. The van der Waals surface area contributed by atoms with Crippen LogP contribution in [0.2, 0.25) is 0 Å². The van der Waals surface area contributed by atoms with Crippen molar-refractivity contribution in [3.05, 3.63) is 85.1 Å². The maximum atomic E-state index is 12.7. The van der Waals surface area contributed by atoms with E-state index >= 15 is 0 Å². The molecule has 12 N–H and O–H groups in total. The predicted molar refractivity (Wildman–Crippen MR) is 231 cm³/mol. The number of hydrogen-bond donors (Lipinski definition) is 11. The molecule has 0 aromatic rings. The lowest BCUT2D eigenvalue weighted by molar-refractivity contribution is -0.310. The van der Waals surface area contributed by atoms with Crippen molar-refractivity contribution >= 4 is 17.7 Å². The molecule has 18 nitrogen and oxygen atoms in total. The molecule has 18 heteroatoms. The van der Waals surface area contributed by atoms with E-state index in [4.69, 9.17) is 24.7 Å². The monoisotopic (exact) mass is 907 g/mol. The Morgan fingerprint density at radius 2 is 1.27 bits per heavy atom. The highest BCUT2D eigenvalue weighted by Gasteiger charge is 2.51. The van der Waals surface area contributed by atoms with Crippen molar-refractivity contribution in [1.29, 1.82) is 0 Å². The van der Waals surface area contributed by atoms with Crippen LogP contribution >= 0.6 is 0 Å². The van der Waals surface area contributed by atoms with E-state index in [9.17, 15) is 65.4 Å². The fourth-order valence-corrected chi connectivity index (χ4v) is 7.60. The predicted octanol–water partition coefficient (Wildman–Crippen LogP) is 0.531. The van der Waals surface area contributed by atoms with Crippen molar-refractivity contribution in [3.63, 3.8) is 0 Å². The molecular weight excluding hydrogens is 838 g/mol. The van der Waals surface area contributed by atoms with Crippen LogP contribution in [-0.4, -0.2) is 161 Å². The summed E-state index contributed by atoms with van der Waals surface area (Å²) < 4.78 is 22.9. The molecule has 360 valence electrons. The van der Waals surface area contributed by atoms with Crippen LogP contribution in [0.1, 0.15) is 72.1 Å². The molecule has 3 aliphatic heterocycles. The lowest BCUT2D eigenvalue weighted by atomic mass is 9.82. The third-order valence-corrected chi connectivity index (χ3v) is 11.4. The summed E-state index contributed by atoms with van der Waals surface area (Å²) in [5, 5.41) is 107. The number of esters is 1. The first-order valence-electron chi connectivity index (χ1n) is 21.7. The van der Waals surface area contributed by atoms with Crippen molar-refractivity contribution in [2.45, 2.75) is 157 Å². The number of fused-ring (bicyclic) bond motifs is 2. The van der Waals surface area contributed by atoms with Crippen molar-refractivity contribution in [3.8, 4) is 0 Å². The van der Waals surface area contributed by atoms with Crippen LogP contribution < -0.4 is 5.73 Å². The van der Waals surface area contributed by atoms with Crippen LogP contribution in [0, 0.1) is 17.8 Å². The van der Waals surface area contributed by atoms with E-state index in [0.717, 1.165) is 0 Å². The Labute approximate surface area is 374 Å². The average molecular weight is 908 g/mol. The number of ketones is 1. The number of nitrogens with two attached hydrogens (primary N) is 1. The van der Waals surface area contributed by atoms with Crippen LogP contribution in [0.15, 0.2) is 85.1 Å². The summed E-state index contributed by atoms with van der Waals surface area (Å²) in [5.41, 5.74) is 6.01. The maximum Gasteiger partial charge on any atom is 0.311 e. The number of aliphatic hydroxyl groups is 9. The number of cyclic esters (lactones) is 1. The van der Waals surface area contributed by atoms with Crippen molar-refractivity contribution < 1.29 is 84.4 Å². The smallest absolute Gasteiger partial charge is 0.311 e. The van der Waals surface area contributed by atoms with Crippen molar-refractivity contribution in [1.82, 2.24) is 0 Å². The van der Waals surface area contributed by atoms with E-state index in [1.807, 2.05) is 6.92 Å². The molecule has 6 unspecified atom stereocenters. The number of aliphatic hydroxyl groups excluding tert-OH is 8. The van der Waals surface area contributed by atoms with Gasteiger partial charge in [0.1, 0.15) is 17.8 Å². The van der Waals surface area contributed by atoms with Gasteiger partial charge in [-0.25, -0.2) is 0 Å². The number of carboxylic acids is 1. The van der Waals surface area contributed by atoms with Crippen LogP contribution in [0.3, 0.4) is 0 Å². The summed E-state index contributed by atoms with van der Waals surface area (Å²) in [5.74, 6) is -7.45. The first-order valence-corrected chi connectivity index (χ1v) is 21.7. The molecule has 0 saturated carbocycles. The van der Waals surface area contributed by atoms with Crippen LogP contribution in [0.25, 0.3) is 0 Å². The van der Waals surface area contributed by atoms with Gasteiger partial charge in [0.2, 0.25) is 0 Å². The molecule has 0 aliphatic carbocycles. The minimum Gasteiger partial charge on any atom is -0.481 e. The van der Waals surface area contributed by atoms with Gasteiger partial charge in [-0.15, -0.1) is 0 Å². The Morgan fingerprint density at radius 3 is 1.86 bits per heavy atom. The number of aliphatic carboxylic acids is 1. The summed E-state index contributed by atoms with van der Waals surface area (Å²) in [6.07, 6.45) is 4.43. The fourth-order valence-electron chi connectivity index (χ4n) is 7.60. The largest absolute Gasteiger partial charge is 0.481 e. The number of rotatable bonds is 3. The zero-order chi connectivity index (χ0) is 47.6. The minimum atomic E-state index is -2.38. The molecule has 64 heavy (non-hydrogen) atoms. The highest BCUT2D eigenvalue weighted by Crippen LogP contribution is 2.38. The molecule has 0 radical (unpaired) electrons. The molecule has 0 aromatic carbocycles. The van der Waals surface area contributed by atoms with E-state index in [2.05, 4.69) is 0 Å². The summed E-state index contributed by atoms with van der Waals surface area (Å²) >= 11 is 0. The van der Waals surface area contributed by atoms with E-state index < -0.39 is 141 Å². The van der Waals surface area contributed by atoms with Gasteiger partial charge >= 0.3 is 11.9 Å². The van der Waals surface area contributed by atoms with Gasteiger partial charge in [-0.3, -0.25) is 14.4 Å². The second-order valence-corrected chi connectivity index (χ2v) is 17.0. The molecule has 17 atom stereocenters. The molecule has 3 heterocycles. The Hall–Kier alpha value is -3.73. The topological polar surface area (TPSA) is 316 Å². The standard InChI is InChI=1S/C46H69NO17/c1-27-16-14-12-10-8-6-4-5-7-9-11-13-15-17-33(63-45-43(57)40(47)42(56)29(3)62-45)23-37-39(44(58)59)36(53)25-46(60,64-37)24-35(52)34(51)19-18-30(48)20-31(49)21-32(50)22-38(54)61-26-28(2)41(27)55/h4-17,27-29,31-37,39-43,45,49-53,55-57,60H,18-26,47H2,1-3H3,(H,58,59)/b5-4+,8-6+,9-7+,12-10+,13-11+,16-14+,17-15+/t27-,28-,29?,31+,32+,33-,34+,35+,36-,37?,39+,40?,41+,42?,43?,45?,46+/m0/s1. The third-order valence-electron chi connectivity index (χ3n) is 11.4. The SMILES string of the molecule is CC1OC(O[C@H]2/C=C/C=C/C=C/C=C/C=C/C=C/C=C/[C@H](C)[C@@H](O)[C@@H](C)COC(=O)C[C@H](O)C[C@H](O)CC(=O)CC[C@@H](O)[C@H](O)C[C@]3(O)C[C@H](O)[C@@H](C(=O)O)C(C2)O3)C(O)C(N)C1O. The molecule has 3 rings (SSSR count). The second-order valence-electron chi connectivity index (χ2n) is 17.0. The summed E-state index contributed by atoms with van der Waals surface area (Å²) in [6, 6.07) is -1.15. The number of carbonyl (C=O) groups excluding carboxylic acids is 2. The molecule has 0 amide bonds. The Bertz CT molecular complexity index is 1680. The highest BCUT2D eigenvalue weighted by molar-refractivity contribution is 5.78. The van der Waals surface area contributed by atoms with Gasteiger partial charge < -0.3 is 75.7 Å². The lowest BCUT2D eigenvalue weighted by Gasteiger charge is -2.45. The van der Waals surface area contributed by atoms with E-state index in [1.165, 1.54) is 13.0 Å². The zero-order valence-electron chi connectivity index (χ0n) is 36.6. The molecule has 0 spiro atoms. The molecule has 2 bridgehead atoms. The highest BCUT2D eigenvalue weighted by atomic mass is 16.7. The lowest BCUT2D eigenvalue weighted by Crippen LogP contribution is -2.61. The van der Waals surface area contributed by atoms with Crippen molar-refractivity contribution in [2.24, 2.45) is 23.5 Å². The van der Waals surface area contributed by atoms with Gasteiger partial charge in [0.05, 0.1) is 80.1 Å². The summed E-state index contributed by atoms with van der Waals surface area (Å²) in [6.45, 7) is 4.94. The molecule has 2 saturated heterocycles. The molecule has 0 aromatic heterocycles. The van der Waals surface area contributed by atoms with Gasteiger partial charge in [0.25, 0.3) is 0 Å². The first-order chi connectivity index (χ1) is 30.2. The van der Waals surface area contributed by atoms with Gasteiger partial charge in [-0.05, 0) is 13.3 Å². The Balaban J connectivity index is 1.85. The van der Waals surface area contributed by atoms with Gasteiger partial charge in [-0.1, -0.05) is 98.9 Å². The maximum absolute atomic E-state index is 12.7. The summed E-state index contributed by atoms with van der Waals surface area (Å²) in [4.78, 5) is 37.5. The summed E-state index contributed by atoms with van der Waals surface area (Å²) in [7, 11) is 0. The van der Waals surface area contributed by atoms with Crippen molar-refractivity contribution in [2.75, 3.05) is 6.61 Å². The minimum absolute atomic E-state index is 0.112. The van der Waals surface area contributed by atoms with Gasteiger partial charge in [0, 0.05) is 50.4 Å². The van der Waals surface area contributed by atoms with Crippen LogP contribution in [0.5, 0.6) is 0 Å². The third kappa shape index (κ3) is 18.3. The number of hydrogen-bond acceptors (Lipinski definition) is 17. The molecular formula is C46H69NO17. The number of allylic oxidation sites excluding steroid dienone is 12. The number of carbonyl (C=O) groups is 3. The zero-order valence-corrected chi connectivity index (χ0v) is 36.6. The normalized spacial score (nSPS) is 43.7. The van der Waals surface area contributed by atoms with E-state index in [-0.39, 0.29) is 38.2 Å².